The van der Waals surface area contributed by atoms with Gasteiger partial charge >= 0.3 is 0 Å². The topological polar surface area (TPSA) is 41.6 Å². The van der Waals surface area contributed by atoms with Crippen LogP contribution in [-0.4, -0.2) is 49.2 Å². The largest absolute Gasteiger partial charge is 0.379 e. The Balaban J connectivity index is 1.95. The number of carbonyl (C=O) groups excluding carboxylic acids is 1. The highest BCUT2D eigenvalue weighted by Crippen LogP contribution is 2.26. The van der Waals surface area contributed by atoms with Crippen molar-refractivity contribution in [2.24, 2.45) is 0 Å². The van der Waals surface area contributed by atoms with E-state index in [2.05, 4.69) is 12.2 Å². The number of unbranched alkanes of at least 4 members (excludes halogenated alkanes) is 1. The normalized spacial score (nSPS) is 15.1. The van der Waals surface area contributed by atoms with Crippen LogP contribution in [0.1, 0.15) is 46.5 Å². The number of likely N-dealkylation sites (N-methyl/N-ethyl adjacent to an activating group) is 1. The van der Waals surface area contributed by atoms with E-state index in [9.17, 15) is 4.79 Å². The molecule has 1 fully saturated rings. The Bertz CT molecular complexity index is 240. The van der Waals surface area contributed by atoms with Gasteiger partial charge in [-0.25, -0.2) is 0 Å². The number of hydrogen-bond donors (Lipinski definition) is 1. The molecular weight excluding hydrogens is 228 g/mol. The molecule has 0 heterocycles. The molecule has 0 aromatic rings. The first-order valence-corrected chi connectivity index (χ1v) is 7.27. The molecule has 4 heteroatoms. The number of hydrogen-bond acceptors (Lipinski definition) is 3. The van der Waals surface area contributed by atoms with Crippen LogP contribution < -0.4 is 5.32 Å². The van der Waals surface area contributed by atoms with Crippen LogP contribution in [-0.2, 0) is 9.53 Å². The highest BCUT2D eigenvalue weighted by atomic mass is 16.5. The maximum absolute atomic E-state index is 11.9. The van der Waals surface area contributed by atoms with Gasteiger partial charge in [-0.3, -0.25) is 4.79 Å². The van der Waals surface area contributed by atoms with Crippen molar-refractivity contribution in [3.8, 4) is 0 Å². The number of nitrogens with zero attached hydrogens (tertiary/aromatic N) is 1. The lowest BCUT2D eigenvalue weighted by Gasteiger charge is -2.20. The summed E-state index contributed by atoms with van der Waals surface area (Å²) < 4.78 is 5.46. The zero-order valence-corrected chi connectivity index (χ0v) is 12.1. The van der Waals surface area contributed by atoms with Crippen molar-refractivity contribution in [2.45, 2.75) is 58.6 Å². The van der Waals surface area contributed by atoms with E-state index in [4.69, 9.17) is 4.74 Å². The van der Waals surface area contributed by atoms with Crippen LogP contribution in [0.25, 0.3) is 0 Å². The van der Waals surface area contributed by atoms with E-state index in [1.54, 1.807) is 0 Å². The van der Waals surface area contributed by atoms with Gasteiger partial charge in [0.15, 0.2) is 0 Å². The summed E-state index contributed by atoms with van der Waals surface area (Å²) >= 11 is 0. The average Bonchev–Trinajstić information content (AvgIpc) is 3.13. The molecule has 0 radical (unpaired) electrons. The molecule has 0 spiro atoms. The molecule has 1 aliphatic carbocycles. The Labute approximate surface area is 111 Å². The van der Waals surface area contributed by atoms with E-state index in [0.717, 1.165) is 32.5 Å². The van der Waals surface area contributed by atoms with Crippen LogP contribution >= 0.6 is 0 Å². The number of ether oxygens (including phenoxy) is 1. The fourth-order valence-electron chi connectivity index (χ4n) is 1.99. The second-order valence-corrected chi connectivity index (χ2v) is 5.21. The zero-order chi connectivity index (χ0) is 13.4. The molecule has 0 aromatic heterocycles. The summed E-state index contributed by atoms with van der Waals surface area (Å²) in [6.07, 6.45) is 4.81. The van der Waals surface area contributed by atoms with Gasteiger partial charge in [-0.05, 0) is 53.0 Å². The third kappa shape index (κ3) is 6.36. The van der Waals surface area contributed by atoms with Crippen molar-refractivity contribution < 1.29 is 9.53 Å². The Kier molecular flexibility index (Phi) is 7.28. The van der Waals surface area contributed by atoms with Crippen LogP contribution in [0.4, 0.5) is 0 Å². The molecule has 0 saturated heterocycles. The first kappa shape index (κ1) is 15.4. The van der Waals surface area contributed by atoms with Gasteiger partial charge < -0.3 is 15.0 Å². The lowest BCUT2D eigenvalue weighted by molar-refractivity contribution is -0.130. The maximum atomic E-state index is 11.9. The average molecular weight is 256 g/mol. The van der Waals surface area contributed by atoms with E-state index < -0.39 is 0 Å². The standard InChI is InChI=1S/C14H28N2O2/c1-4-16(13-7-8-13)14(17)11-15-9-5-6-10-18-12(2)3/h12-13,15H,4-11H2,1-3H3. The quantitative estimate of drug-likeness (QED) is 0.606. The van der Waals surface area contributed by atoms with Crippen LogP contribution in [0.3, 0.4) is 0 Å². The van der Waals surface area contributed by atoms with Crippen LogP contribution in [0.5, 0.6) is 0 Å². The van der Waals surface area contributed by atoms with Crippen molar-refractivity contribution in [3.05, 3.63) is 0 Å². The van der Waals surface area contributed by atoms with Crippen molar-refractivity contribution >= 4 is 5.91 Å². The third-order valence-electron chi connectivity index (χ3n) is 3.12. The van der Waals surface area contributed by atoms with E-state index in [1.165, 1.54) is 12.8 Å². The van der Waals surface area contributed by atoms with Crippen molar-refractivity contribution in [1.29, 1.82) is 0 Å². The lowest BCUT2D eigenvalue weighted by Crippen LogP contribution is -2.39. The minimum absolute atomic E-state index is 0.249. The lowest BCUT2D eigenvalue weighted by atomic mass is 10.3. The molecule has 0 bridgehead atoms. The van der Waals surface area contributed by atoms with Gasteiger partial charge in [0, 0.05) is 19.2 Å². The molecule has 1 amide bonds. The molecule has 4 nitrogen and oxygen atoms in total. The van der Waals surface area contributed by atoms with Crippen molar-refractivity contribution in [1.82, 2.24) is 10.2 Å². The summed E-state index contributed by atoms with van der Waals surface area (Å²) in [4.78, 5) is 13.9. The third-order valence-corrected chi connectivity index (χ3v) is 3.12. The second-order valence-electron chi connectivity index (χ2n) is 5.21. The highest BCUT2D eigenvalue weighted by Gasteiger charge is 2.30. The summed E-state index contributed by atoms with van der Waals surface area (Å²) in [6.45, 7) is 9.19. The minimum Gasteiger partial charge on any atom is -0.379 e. The summed E-state index contributed by atoms with van der Waals surface area (Å²) in [6, 6.07) is 0.531. The van der Waals surface area contributed by atoms with E-state index in [1.807, 2.05) is 18.7 Å². The van der Waals surface area contributed by atoms with Gasteiger partial charge in [-0.2, -0.15) is 0 Å². The minimum atomic E-state index is 0.249. The summed E-state index contributed by atoms with van der Waals surface area (Å²) in [5.41, 5.74) is 0. The Hall–Kier alpha value is -0.610. The molecule has 1 N–H and O–H groups in total. The Morgan fingerprint density at radius 1 is 1.39 bits per heavy atom. The first-order chi connectivity index (χ1) is 8.65. The van der Waals surface area contributed by atoms with Crippen molar-refractivity contribution in [3.63, 3.8) is 0 Å². The number of carbonyl (C=O) groups is 1. The monoisotopic (exact) mass is 256 g/mol. The number of amides is 1. The predicted molar refractivity (Wildman–Crippen MR) is 73.6 cm³/mol. The van der Waals surface area contributed by atoms with Gasteiger partial charge in [-0.15, -0.1) is 0 Å². The fourth-order valence-corrected chi connectivity index (χ4v) is 1.99. The van der Waals surface area contributed by atoms with Crippen LogP contribution in [0, 0.1) is 0 Å². The SMILES string of the molecule is CCN(C(=O)CNCCCCOC(C)C)C1CC1. The summed E-state index contributed by atoms with van der Waals surface area (Å²) in [7, 11) is 0. The molecule has 1 saturated carbocycles. The van der Waals surface area contributed by atoms with E-state index >= 15 is 0 Å². The van der Waals surface area contributed by atoms with Crippen molar-refractivity contribution in [2.75, 3.05) is 26.2 Å². The zero-order valence-electron chi connectivity index (χ0n) is 12.1. The van der Waals surface area contributed by atoms with Gasteiger partial charge in [-0.1, -0.05) is 0 Å². The number of rotatable bonds is 10. The smallest absolute Gasteiger partial charge is 0.236 e. The second kappa shape index (κ2) is 8.48. The molecule has 106 valence electrons. The van der Waals surface area contributed by atoms with Gasteiger partial charge in [0.05, 0.1) is 12.6 Å². The molecule has 18 heavy (non-hydrogen) atoms. The Morgan fingerprint density at radius 2 is 2.11 bits per heavy atom. The fraction of sp³-hybridized carbons (Fsp3) is 0.929. The predicted octanol–water partition coefficient (Wildman–Crippen LogP) is 1.79. The first-order valence-electron chi connectivity index (χ1n) is 7.27. The molecule has 1 aliphatic rings. The van der Waals surface area contributed by atoms with Gasteiger partial charge in [0.25, 0.3) is 0 Å². The van der Waals surface area contributed by atoms with Crippen LogP contribution in [0.15, 0.2) is 0 Å². The highest BCUT2D eigenvalue weighted by molar-refractivity contribution is 5.78. The number of nitrogens with one attached hydrogen (secondary N) is 1. The summed E-state index contributed by atoms with van der Waals surface area (Å²) in [5.74, 6) is 0.249. The van der Waals surface area contributed by atoms with E-state index in [0.29, 0.717) is 18.7 Å². The molecular formula is C14H28N2O2. The maximum Gasteiger partial charge on any atom is 0.236 e. The van der Waals surface area contributed by atoms with Gasteiger partial charge in [0.2, 0.25) is 5.91 Å². The summed E-state index contributed by atoms with van der Waals surface area (Å²) in [5, 5.41) is 3.22. The molecule has 0 aliphatic heterocycles. The molecule has 1 rings (SSSR count). The van der Waals surface area contributed by atoms with Crippen LogP contribution in [0.2, 0.25) is 0 Å². The van der Waals surface area contributed by atoms with E-state index in [-0.39, 0.29) is 5.91 Å². The molecule has 0 unspecified atom stereocenters. The van der Waals surface area contributed by atoms with Gasteiger partial charge in [0.1, 0.15) is 0 Å². The molecule has 0 atom stereocenters. The molecule has 0 aromatic carbocycles. The Morgan fingerprint density at radius 3 is 2.67 bits per heavy atom.